The molecule has 17 heavy (non-hydrogen) atoms. The minimum atomic E-state index is -1.67. The Labute approximate surface area is 98.1 Å². The molecule has 0 radical (unpaired) electrons. The fourth-order valence-electron chi connectivity index (χ4n) is 1.34. The topological polar surface area (TPSA) is 113 Å². The van der Waals surface area contributed by atoms with Crippen molar-refractivity contribution in [2.24, 2.45) is 5.73 Å². The Morgan fingerprint density at radius 3 is 2.35 bits per heavy atom. The van der Waals surface area contributed by atoms with E-state index in [1.807, 2.05) is 6.07 Å². The van der Waals surface area contributed by atoms with E-state index in [4.69, 9.17) is 10.8 Å². The molecule has 0 aromatic heterocycles. The summed E-state index contributed by atoms with van der Waals surface area (Å²) >= 11 is 0. The van der Waals surface area contributed by atoms with Gasteiger partial charge in [-0.2, -0.15) is 0 Å². The Hall–Kier alpha value is -1.92. The first kappa shape index (κ1) is 13.1. The van der Waals surface area contributed by atoms with Crippen molar-refractivity contribution in [2.45, 2.75) is 18.7 Å². The van der Waals surface area contributed by atoms with E-state index in [1.165, 1.54) is 0 Å². The number of nitrogens with two attached hydrogens (primary N) is 1. The number of primary amides is 1. The highest BCUT2D eigenvalue weighted by Gasteiger charge is 2.23. The molecule has 1 unspecified atom stereocenters. The molecule has 0 saturated heterocycles. The van der Waals surface area contributed by atoms with Crippen LogP contribution in [0.4, 0.5) is 0 Å². The number of carboxylic acid groups (broad SMARTS) is 1. The maximum absolute atomic E-state index is 10.9. The average Bonchev–Trinajstić information content (AvgIpc) is 2.29. The number of aliphatic hydroxyl groups excluding tert-OH is 1. The number of carbonyl (C=O) groups excluding carboxylic acids is 1. The van der Waals surface area contributed by atoms with Crippen LogP contribution in [0.15, 0.2) is 30.3 Å². The van der Waals surface area contributed by atoms with Crippen LogP contribution in [0.25, 0.3) is 0 Å². The number of aliphatic carboxylic acids is 1. The minimum Gasteiger partial charge on any atom is -0.480 e. The van der Waals surface area contributed by atoms with Crippen LogP contribution < -0.4 is 11.1 Å². The fourth-order valence-corrected chi connectivity index (χ4v) is 1.34. The van der Waals surface area contributed by atoms with Crippen molar-refractivity contribution < 1.29 is 19.8 Å². The predicted octanol–water partition coefficient (Wildman–Crippen LogP) is -0.924. The van der Waals surface area contributed by atoms with Gasteiger partial charge >= 0.3 is 5.97 Å². The van der Waals surface area contributed by atoms with Crippen molar-refractivity contribution in [1.82, 2.24) is 5.32 Å². The summed E-state index contributed by atoms with van der Waals surface area (Å²) in [5.74, 6) is -2.17. The van der Waals surface area contributed by atoms with E-state index in [-0.39, 0.29) is 6.42 Å². The van der Waals surface area contributed by atoms with Crippen LogP contribution in [0.2, 0.25) is 0 Å². The number of nitrogens with one attached hydrogen (secondary N) is 1. The highest BCUT2D eigenvalue weighted by atomic mass is 16.4. The molecule has 6 nitrogen and oxygen atoms in total. The van der Waals surface area contributed by atoms with Gasteiger partial charge < -0.3 is 15.9 Å². The molecule has 0 spiro atoms. The summed E-state index contributed by atoms with van der Waals surface area (Å²) in [7, 11) is 0. The van der Waals surface area contributed by atoms with Crippen molar-refractivity contribution in [1.29, 1.82) is 0 Å². The first-order valence-corrected chi connectivity index (χ1v) is 5.01. The Bertz CT molecular complexity index is 394. The molecule has 2 atom stereocenters. The molecule has 5 N–H and O–H groups in total. The summed E-state index contributed by atoms with van der Waals surface area (Å²) < 4.78 is 0. The first-order chi connectivity index (χ1) is 8.00. The van der Waals surface area contributed by atoms with Crippen LogP contribution in [0.1, 0.15) is 5.56 Å². The van der Waals surface area contributed by atoms with Gasteiger partial charge in [-0.25, -0.2) is 0 Å². The van der Waals surface area contributed by atoms with Gasteiger partial charge in [0.2, 0.25) is 0 Å². The number of carbonyl (C=O) groups is 2. The second-order valence-electron chi connectivity index (χ2n) is 3.55. The molecular formula is C11H14N2O4. The maximum Gasteiger partial charge on any atom is 0.321 e. The molecule has 1 aromatic rings. The molecule has 1 aromatic carbocycles. The molecule has 0 aliphatic heterocycles. The molecular weight excluding hydrogens is 224 g/mol. The highest BCUT2D eigenvalue weighted by Crippen LogP contribution is 2.03. The maximum atomic E-state index is 10.9. The van der Waals surface area contributed by atoms with E-state index in [2.05, 4.69) is 5.32 Å². The molecule has 1 rings (SSSR count). The fraction of sp³-hybridized carbons (Fsp3) is 0.273. The zero-order valence-electron chi connectivity index (χ0n) is 9.04. The lowest BCUT2D eigenvalue weighted by Gasteiger charge is -2.17. The number of carboxylic acids is 1. The molecule has 0 bridgehead atoms. The van der Waals surface area contributed by atoms with Crippen LogP contribution in [-0.2, 0) is 16.0 Å². The second-order valence-corrected chi connectivity index (χ2v) is 3.55. The highest BCUT2D eigenvalue weighted by molar-refractivity contribution is 5.80. The van der Waals surface area contributed by atoms with Gasteiger partial charge in [-0.15, -0.1) is 0 Å². The van der Waals surface area contributed by atoms with Gasteiger partial charge in [0.25, 0.3) is 5.91 Å². The number of benzene rings is 1. The van der Waals surface area contributed by atoms with Crippen LogP contribution in [0.3, 0.4) is 0 Å². The Kier molecular flexibility index (Phi) is 4.62. The molecule has 0 aliphatic carbocycles. The van der Waals surface area contributed by atoms with Gasteiger partial charge in [-0.05, 0) is 12.0 Å². The second kappa shape index (κ2) is 5.97. The minimum absolute atomic E-state index is 0.153. The van der Waals surface area contributed by atoms with Gasteiger partial charge in [0.15, 0.2) is 6.23 Å². The van der Waals surface area contributed by atoms with Gasteiger partial charge in [0.1, 0.15) is 6.04 Å². The normalized spacial score (nSPS) is 13.9. The average molecular weight is 238 g/mol. The monoisotopic (exact) mass is 238 g/mol. The van der Waals surface area contributed by atoms with Crippen molar-refractivity contribution in [3.05, 3.63) is 35.9 Å². The van der Waals surface area contributed by atoms with E-state index in [9.17, 15) is 14.7 Å². The van der Waals surface area contributed by atoms with Crippen LogP contribution in [-0.4, -0.2) is 34.4 Å². The van der Waals surface area contributed by atoms with Crippen LogP contribution >= 0.6 is 0 Å². The van der Waals surface area contributed by atoms with E-state index >= 15 is 0 Å². The van der Waals surface area contributed by atoms with Gasteiger partial charge in [-0.1, -0.05) is 30.3 Å². The predicted molar refractivity (Wildman–Crippen MR) is 59.9 cm³/mol. The third-order valence-electron chi connectivity index (χ3n) is 2.21. The van der Waals surface area contributed by atoms with E-state index in [1.54, 1.807) is 24.3 Å². The van der Waals surface area contributed by atoms with Crippen molar-refractivity contribution in [3.63, 3.8) is 0 Å². The third-order valence-corrected chi connectivity index (χ3v) is 2.21. The zero-order chi connectivity index (χ0) is 12.8. The largest absolute Gasteiger partial charge is 0.480 e. The van der Waals surface area contributed by atoms with Gasteiger partial charge in [-0.3, -0.25) is 14.9 Å². The third kappa shape index (κ3) is 4.21. The molecule has 0 aliphatic rings. The SMILES string of the molecule is NC(=O)C(O)N[C@@H](Cc1ccccc1)C(=O)O. The molecule has 1 amide bonds. The number of aliphatic hydroxyl groups is 1. The molecule has 6 heteroatoms. The summed E-state index contributed by atoms with van der Waals surface area (Å²) in [5, 5.41) is 20.4. The first-order valence-electron chi connectivity index (χ1n) is 5.01. The molecule has 0 saturated carbocycles. The quantitative estimate of drug-likeness (QED) is 0.478. The summed E-state index contributed by atoms with van der Waals surface area (Å²) in [5.41, 5.74) is 5.61. The molecule has 92 valence electrons. The number of rotatable bonds is 6. The van der Waals surface area contributed by atoms with Crippen molar-refractivity contribution >= 4 is 11.9 Å². The Morgan fingerprint density at radius 1 is 1.29 bits per heavy atom. The molecule has 0 fully saturated rings. The lowest BCUT2D eigenvalue weighted by molar-refractivity contribution is -0.141. The van der Waals surface area contributed by atoms with Crippen LogP contribution in [0, 0.1) is 0 Å². The Morgan fingerprint density at radius 2 is 1.88 bits per heavy atom. The summed E-state index contributed by atoms with van der Waals surface area (Å²) in [6.07, 6.45) is -1.51. The van der Waals surface area contributed by atoms with Crippen molar-refractivity contribution in [2.75, 3.05) is 0 Å². The summed E-state index contributed by atoms with van der Waals surface area (Å²) in [4.78, 5) is 21.6. The zero-order valence-corrected chi connectivity index (χ0v) is 9.04. The smallest absolute Gasteiger partial charge is 0.321 e. The van der Waals surface area contributed by atoms with Gasteiger partial charge in [0.05, 0.1) is 0 Å². The summed E-state index contributed by atoms with van der Waals surface area (Å²) in [6.45, 7) is 0. The number of hydrogen-bond acceptors (Lipinski definition) is 4. The lowest BCUT2D eigenvalue weighted by atomic mass is 10.1. The standard InChI is InChI=1S/C11H14N2O4/c12-9(14)10(15)13-8(11(16)17)6-7-4-2-1-3-5-7/h1-5,8,10,13,15H,6H2,(H2,12,14)(H,16,17)/t8-,10?/m0/s1. The van der Waals surface area contributed by atoms with Crippen molar-refractivity contribution in [3.8, 4) is 0 Å². The number of amides is 1. The lowest BCUT2D eigenvalue weighted by Crippen LogP contribution is -2.50. The Balaban J connectivity index is 2.67. The van der Waals surface area contributed by atoms with E-state index < -0.39 is 24.1 Å². The molecule has 0 heterocycles. The van der Waals surface area contributed by atoms with E-state index in [0.717, 1.165) is 5.56 Å². The number of hydrogen-bond donors (Lipinski definition) is 4. The van der Waals surface area contributed by atoms with Gasteiger partial charge in [0, 0.05) is 0 Å². The van der Waals surface area contributed by atoms with Crippen LogP contribution in [0.5, 0.6) is 0 Å². The summed E-state index contributed by atoms with van der Waals surface area (Å²) in [6, 6.07) is 7.81. The van der Waals surface area contributed by atoms with E-state index in [0.29, 0.717) is 0 Å².